The highest BCUT2D eigenvalue weighted by Gasteiger charge is 2.48. The predicted octanol–water partition coefficient (Wildman–Crippen LogP) is 1.22. The van der Waals surface area contributed by atoms with Gasteiger partial charge in [-0.2, -0.15) is 4.98 Å². The minimum Gasteiger partial charge on any atom is -0.466 e. The quantitative estimate of drug-likeness (QED) is 0.802. The molecule has 2 fully saturated rings. The summed E-state index contributed by atoms with van der Waals surface area (Å²) < 4.78 is 13.4. The van der Waals surface area contributed by atoms with Crippen LogP contribution in [0.25, 0.3) is 10.3 Å². The van der Waals surface area contributed by atoms with Crippen LogP contribution in [0.4, 0.5) is 5.95 Å². The number of anilines is 1. The summed E-state index contributed by atoms with van der Waals surface area (Å²) in [7, 11) is 0. The molecule has 2 unspecified atom stereocenters. The Hall–Kier alpha value is -1.65. The number of thioether (sulfide) groups is 1. The third kappa shape index (κ3) is 2.89. The predicted molar refractivity (Wildman–Crippen MR) is 90.7 cm³/mol. The van der Waals surface area contributed by atoms with E-state index in [2.05, 4.69) is 9.97 Å². The van der Waals surface area contributed by atoms with Crippen LogP contribution in [0.15, 0.2) is 11.0 Å². The zero-order valence-corrected chi connectivity index (χ0v) is 14.5. The summed E-state index contributed by atoms with van der Waals surface area (Å²) >= 11 is 2.78. The highest BCUT2D eigenvalue weighted by atomic mass is 32.2. The number of aromatic nitrogens is 3. The molecule has 1 saturated carbocycles. The molecule has 24 heavy (non-hydrogen) atoms. The van der Waals surface area contributed by atoms with E-state index in [1.807, 2.05) is 0 Å². The van der Waals surface area contributed by atoms with Crippen molar-refractivity contribution in [2.45, 2.75) is 25.0 Å². The van der Waals surface area contributed by atoms with Gasteiger partial charge < -0.3 is 15.2 Å². The van der Waals surface area contributed by atoms with E-state index < -0.39 is 0 Å². The average Bonchev–Trinajstić information content (AvgIpc) is 3.02. The Morgan fingerprint density at radius 2 is 2.42 bits per heavy atom. The number of thiazole rings is 1. The van der Waals surface area contributed by atoms with Gasteiger partial charge in [-0.05, 0) is 12.3 Å². The number of carbonyl (C=O) groups is 1. The molecule has 0 aromatic carbocycles. The molecule has 0 spiro atoms. The molecule has 1 aliphatic carbocycles. The number of hydrogen-bond donors (Lipinski definition) is 1. The van der Waals surface area contributed by atoms with Crippen LogP contribution in [-0.2, 0) is 14.3 Å². The lowest BCUT2D eigenvalue weighted by Gasteiger charge is -2.13. The molecular weight excluding hydrogens is 352 g/mol. The Kier molecular flexibility index (Phi) is 3.97. The number of nitrogens with two attached hydrogens (primary N) is 1. The molecule has 1 saturated heterocycles. The number of hydrogen-bond acceptors (Lipinski definition) is 9. The van der Waals surface area contributed by atoms with Gasteiger partial charge in [-0.15, -0.1) is 11.8 Å². The lowest BCUT2D eigenvalue weighted by atomic mass is 10.3. The van der Waals surface area contributed by atoms with Crippen molar-refractivity contribution >= 4 is 45.4 Å². The maximum atomic E-state index is 12.3. The van der Waals surface area contributed by atoms with E-state index in [0.29, 0.717) is 34.5 Å². The first-order valence-corrected chi connectivity index (χ1v) is 9.43. The van der Waals surface area contributed by atoms with Gasteiger partial charge in [0.1, 0.15) is 11.7 Å². The molecule has 3 heterocycles. The van der Waals surface area contributed by atoms with E-state index in [4.69, 9.17) is 15.2 Å². The first-order valence-electron chi connectivity index (χ1n) is 7.57. The Morgan fingerprint density at radius 1 is 1.58 bits per heavy atom. The Bertz CT molecular complexity index is 851. The summed E-state index contributed by atoms with van der Waals surface area (Å²) in [5.41, 5.74) is 6.18. The molecule has 4 atom stereocenters. The molecule has 2 aromatic rings. The summed E-state index contributed by atoms with van der Waals surface area (Å²) in [6.45, 7) is 1.85. The number of nitrogen functional groups attached to an aromatic ring is 1. The van der Waals surface area contributed by atoms with E-state index in [1.165, 1.54) is 6.92 Å². The standard InChI is InChI=1S/C14H16N4O4S2/c1-6(19)21-4-7-2-8(7)12-22-10(5-23-12)18-11-9(24-14(18)20)3-16-13(15)17-11/h3,7-8,10,12H,2,4-5H2,1H3,(H2,15,16,17)/t7?,8?,10-,12+/m1/s1. The highest BCUT2D eigenvalue weighted by molar-refractivity contribution is 8.00. The Balaban J connectivity index is 1.48. The molecule has 4 rings (SSSR count). The van der Waals surface area contributed by atoms with Gasteiger partial charge in [-0.25, -0.2) is 4.98 Å². The zero-order chi connectivity index (χ0) is 16.8. The molecule has 2 aromatic heterocycles. The van der Waals surface area contributed by atoms with Crippen molar-refractivity contribution in [2.24, 2.45) is 11.8 Å². The van der Waals surface area contributed by atoms with E-state index in [-0.39, 0.29) is 28.5 Å². The molecular formula is C14H16N4O4S2. The van der Waals surface area contributed by atoms with E-state index >= 15 is 0 Å². The molecule has 0 radical (unpaired) electrons. The van der Waals surface area contributed by atoms with E-state index in [1.54, 1.807) is 22.5 Å². The normalized spacial score (nSPS) is 29.0. The first kappa shape index (κ1) is 15.9. The van der Waals surface area contributed by atoms with Crippen LogP contribution in [0, 0.1) is 11.8 Å². The van der Waals surface area contributed by atoms with Gasteiger partial charge in [-0.3, -0.25) is 14.2 Å². The summed E-state index contributed by atoms with van der Waals surface area (Å²) in [5, 5.41) is 0. The van der Waals surface area contributed by atoms with Crippen LogP contribution in [0.5, 0.6) is 0 Å². The van der Waals surface area contributed by atoms with Crippen molar-refractivity contribution in [3.05, 3.63) is 15.9 Å². The topological polar surface area (TPSA) is 109 Å². The SMILES string of the molecule is CC(=O)OCC1CC1[C@H]1O[C@@H](n2c(=O)sc3cnc(N)nc32)CS1. The largest absolute Gasteiger partial charge is 0.466 e. The van der Waals surface area contributed by atoms with Gasteiger partial charge in [0.05, 0.1) is 17.5 Å². The van der Waals surface area contributed by atoms with E-state index in [9.17, 15) is 9.59 Å². The van der Waals surface area contributed by atoms with Gasteiger partial charge >= 0.3 is 10.8 Å². The van der Waals surface area contributed by atoms with Crippen LogP contribution >= 0.6 is 23.1 Å². The zero-order valence-electron chi connectivity index (χ0n) is 12.9. The van der Waals surface area contributed by atoms with Gasteiger partial charge in [-0.1, -0.05) is 11.3 Å². The molecule has 2 aliphatic rings. The van der Waals surface area contributed by atoms with Crippen molar-refractivity contribution < 1.29 is 14.3 Å². The first-order chi connectivity index (χ1) is 11.5. The molecule has 0 bridgehead atoms. The van der Waals surface area contributed by atoms with Crippen LogP contribution in [0.2, 0.25) is 0 Å². The second kappa shape index (κ2) is 6.01. The Morgan fingerprint density at radius 3 is 3.21 bits per heavy atom. The lowest BCUT2D eigenvalue weighted by Crippen LogP contribution is -2.22. The van der Waals surface area contributed by atoms with Crippen molar-refractivity contribution in [1.82, 2.24) is 14.5 Å². The number of esters is 1. The molecule has 1 aliphatic heterocycles. The second-order valence-corrected chi connectivity index (χ2v) is 8.03. The number of nitrogens with zero attached hydrogens (tertiary/aromatic N) is 3. The van der Waals surface area contributed by atoms with Gasteiger partial charge in [0, 0.05) is 18.6 Å². The fourth-order valence-corrected chi connectivity index (χ4v) is 5.09. The summed E-state index contributed by atoms with van der Waals surface area (Å²) in [4.78, 5) is 31.2. The minimum absolute atomic E-state index is 0.0107. The molecule has 0 amide bonds. The third-order valence-electron chi connectivity index (χ3n) is 4.19. The maximum Gasteiger partial charge on any atom is 0.311 e. The Labute approximate surface area is 145 Å². The molecule has 8 nitrogen and oxygen atoms in total. The van der Waals surface area contributed by atoms with Crippen molar-refractivity contribution in [2.75, 3.05) is 18.1 Å². The monoisotopic (exact) mass is 368 g/mol. The molecule has 128 valence electrons. The van der Waals surface area contributed by atoms with E-state index in [0.717, 1.165) is 17.8 Å². The third-order valence-corrected chi connectivity index (χ3v) is 6.33. The number of rotatable bonds is 4. The van der Waals surface area contributed by atoms with Crippen LogP contribution in [-0.4, -0.2) is 38.3 Å². The van der Waals surface area contributed by atoms with Crippen molar-refractivity contribution in [3.8, 4) is 0 Å². The fraction of sp³-hybridized carbons (Fsp3) is 0.571. The minimum atomic E-state index is -0.356. The van der Waals surface area contributed by atoms with Crippen LogP contribution in [0.3, 0.4) is 0 Å². The highest BCUT2D eigenvalue weighted by Crippen LogP contribution is 2.50. The van der Waals surface area contributed by atoms with Gasteiger partial charge in [0.2, 0.25) is 5.95 Å². The summed E-state index contributed by atoms with van der Waals surface area (Å²) in [5.74, 6) is 1.27. The van der Waals surface area contributed by atoms with Crippen molar-refractivity contribution in [3.63, 3.8) is 0 Å². The molecule has 2 N–H and O–H groups in total. The lowest BCUT2D eigenvalue weighted by molar-refractivity contribution is -0.141. The van der Waals surface area contributed by atoms with Crippen molar-refractivity contribution in [1.29, 1.82) is 0 Å². The fourth-order valence-electron chi connectivity index (χ4n) is 2.89. The van der Waals surface area contributed by atoms with Crippen LogP contribution in [0.1, 0.15) is 19.6 Å². The number of fused-ring (bicyclic) bond motifs is 1. The average molecular weight is 368 g/mol. The van der Waals surface area contributed by atoms with Gasteiger partial charge in [0.25, 0.3) is 0 Å². The summed E-state index contributed by atoms with van der Waals surface area (Å²) in [6.07, 6.45) is 2.19. The summed E-state index contributed by atoms with van der Waals surface area (Å²) in [6, 6.07) is 0. The maximum absolute atomic E-state index is 12.3. The number of carbonyl (C=O) groups excluding carboxylic acids is 1. The number of ether oxygens (including phenoxy) is 2. The molecule has 10 heteroatoms. The second-order valence-electron chi connectivity index (χ2n) is 5.91. The van der Waals surface area contributed by atoms with Gasteiger partial charge in [0.15, 0.2) is 5.65 Å². The van der Waals surface area contributed by atoms with Crippen LogP contribution < -0.4 is 10.6 Å². The smallest absolute Gasteiger partial charge is 0.311 e.